The van der Waals surface area contributed by atoms with Crippen LogP contribution in [0, 0.1) is 0 Å². The van der Waals surface area contributed by atoms with Crippen LogP contribution >= 0.6 is 34.8 Å². The molecule has 0 saturated heterocycles. The quantitative estimate of drug-likeness (QED) is 0.480. The first kappa shape index (κ1) is 22.0. The van der Waals surface area contributed by atoms with Gasteiger partial charge in [0.05, 0.1) is 26.3 Å². The van der Waals surface area contributed by atoms with Gasteiger partial charge in [-0.2, -0.15) is 0 Å². The second-order valence-electron chi connectivity index (χ2n) is 7.21. The van der Waals surface area contributed by atoms with Crippen molar-refractivity contribution in [3.8, 4) is 0 Å². The summed E-state index contributed by atoms with van der Waals surface area (Å²) < 4.78 is 27.8. The first-order valence-electron chi connectivity index (χ1n) is 9.37. The first-order valence-corrected chi connectivity index (χ1v) is 11.9. The Hall–Kier alpha value is -2.25. The van der Waals surface area contributed by atoms with Gasteiger partial charge in [0, 0.05) is 16.6 Å². The Morgan fingerprint density at radius 1 is 1.03 bits per heavy atom. The number of carbonyl (C=O) groups excluding carboxylic acids is 1. The van der Waals surface area contributed by atoms with Crippen LogP contribution in [-0.2, 0) is 16.4 Å². The van der Waals surface area contributed by atoms with Crippen LogP contribution in [0.4, 0.5) is 11.4 Å². The zero-order valence-electron chi connectivity index (χ0n) is 16.3. The summed E-state index contributed by atoms with van der Waals surface area (Å²) in [7, 11) is -3.77. The minimum absolute atomic E-state index is 0.161. The Morgan fingerprint density at radius 2 is 1.74 bits per heavy atom. The zero-order valence-corrected chi connectivity index (χ0v) is 19.4. The lowest BCUT2D eigenvalue weighted by Gasteiger charge is -2.24. The Morgan fingerprint density at radius 3 is 2.45 bits per heavy atom. The van der Waals surface area contributed by atoms with Crippen LogP contribution in [0.5, 0.6) is 0 Å². The maximum atomic E-state index is 13.2. The monoisotopic (exact) mass is 494 g/mol. The Kier molecular flexibility index (Phi) is 5.92. The van der Waals surface area contributed by atoms with Gasteiger partial charge in [-0.25, -0.2) is 8.42 Å². The summed E-state index contributed by atoms with van der Waals surface area (Å²) in [6.45, 7) is 1.83. The Balaban J connectivity index is 1.64. The fourth-order valence-electron chi connectivity index (χ4n) is 3.63. The lowest BCUT2D eigenvalue weighted by atomic mass is 10.1. The Bertz CT molecular complexity index is 1280. The molecular formula is C22H17Cl3N2O3S. The van der Waals surface area contributed by atoms with E-state index < -0.39 is 10.0 Å². The van der Waals surface area contributed by atoms with Crippen LogP contribution in [-0.4, -0.2) is 20.4 Å². The second-order valence-corrected chi connectivity index (χ2v) is 10.2. The molecule has 0 fully saturated rings. The first-order chi connectivity index (χ1) is 14.7. The third kappa shape index (κ3) is 4.13. The van der Waals surface area contributed by atoms with Crippen LogP contribution in [0.3, 0.4) is 0 Å². The van der Waals surface area contributed by atoms with Crippen molar-refractivity contribution < 1.29 is 13.2 Å². The second kappa shape index (κ2) is 8.36. The van der Waals surface area contributed by atoms with E-state index in [4.69, 9.17) is 34.8 Å². The summed E-state index contributed by atoms with van der Waals surface area (Å²) in [6.07, 6.45) is 0.487. The van der Waals surface area contributed by atoms with Crippen LogP contribution in [0.1, 0.15) is 22.8 Å². The fraction of sp³-hybridized carbons (Fsp3) is 0.136. The van der Waals surface area contributed by atoms with Crippen LogP contribution in [0.15, 0.2) is 65.6 Å². The minimum atomic E-state index is -3.77. The molecule has 0 bridgehead atoms. The number of hydrogen-bond donors (Lipinski definition) is 1. The SMILES string of the molecule is C[C@H]1Cc2cc(C(=O)Nc3cccc(Cl)c3Cl)ccc2N1S(=O)(=O)c1ccc(Cl)cc1. The van der Waals surface area contributed by atoms with E-state index in [0.29, 0.717) is 33.4 Å². The Labute approximate surface area is 195 Å². The van der Waals surface area contributed by atoms with Crippen LogP contribution < -0.4 is 9.62 Å². The molecule has 0 radical (unpaired) electrons. The van der Waals surface area contributed by atoms with Crippen molar-refractivity contribution in [2.75, 3.05) is 9.62 Å². The van der Waals surface area contributed by atoms with E-state index in [1.54, 1.807) is 48.5 Å². The normalized spacial score (nSPS) is 15.6. The number of nitrogens with zero attached hydrogens (tertiary/aromatic N) is 1. The molecule has 0 spiro atoms. The topological polar surface area (TPSA) is 66.5 Å². The van der Waals surface area contributed by atoms with Crippen molar-refractivity contribution in [2.45, 2.75) is 24.3 Å². The molecule has 1 N–H and O–H groups in total. The number of benzene rings is 3. The number of amides is 1. The van der Waals surface area contributed by atoms with Crippen molar-refractivity contribution in [3.63, 3.8) is 0 Å². The van der Waals surface area contributed by atoms with Crippen molar-refractivity contribution in [3.05, 3.63) is 86.9 Å². The summed E-state index contributed by atoms with van der Waals surface area (Å²) in [5.41, 5.74) is 2.13. The number of sulfonamides is 1. The maximum absolute atomic E-state index is 13.2. The molecule has 1 aliphatic heterocycles. The van der Waals surface area contributed by atoms with E-state index in [2.05, 4.69) is 5.32 Å². The van der Waals surface area contributed by atoms with Gasteiger partial charge in [-0.1, -0.05) is 40.9 Å². The standard InChI is InChI=1S/C22H17Cl3N2O3S/c1-13-11-15-12-14(22(28)26-19-4-2-3-18(24)21(19)25)5-10-20(15)27(13)31(29,30)17-8-6-16(23)7-9-17/h2-10,12-13H,11H2,1H3,(H,26,28)/t13-/m0/s1. The van der Waals surface area contributed by atoms with Gasteiger partial charge in [0.2, 0.25) is 0 Å². The van der Waals surface area contributed by atoms with E-state index in [0.717, 1.165) is 5.56 Å². The number of anilines is 2. The van der Waals surface area contributed by atoms with Crippen molar-refractivity contribution >= 4 is 62.1 Å². The molecule has 4 rings (SSSR count). The molecule has 1 heterocycles. The van der Waals surface area contributed by atoms with Crippen molar-refractivity contribution in [1.29, 1.82) is 0 Å². The van der Waals surface area contributed by atoms with Crippen molar-refractivity contribution in [1.82, 2.24) is 0 Å². The number of nitrogens with one attached hydrogen (secondary N) is 1. The smallest absolute Gasteiger partial charge is 0.264 e. The molecule has 3 aromatic carbocycles. The summed E-state index contributed by atoms with van der Waals surface area (Å²) in [4.78, 5) is 12.9. The highest BCUT2D eigenvalue weighted by Gasteiger charge is 2.36. The molecule has 1 atom stereocenters. The lowest BCUT2D eigenvalue weighted by molar-refractivity contribution is 0.102. The van der Waals surface area contributed by atoms with Crippen LogP contribution in [0.2, 0.25) is 15.1 Å². The molecule has 9 heteroatoms. The van der Waals surface area contributed by atoms with Gasteiger partial charge in [-0.05, 0) is 73.5 Å². The van der Waals surface area contributed by atoms with Gasteiger partial charge in [0.25, 0.3) is 15.9 Å². The van der Waals surface area contributed by atoms with Crippen molar-refractivity contribution in [2.24, 2.45) is 0 Å². The van der Waals surface area contributed by atoms with E-state index in [9.17, 15) is 13.2 Å². The lowest BCUT2D eigenvalue weighted by Crippen LogP contribution is -2.35. The summed E-state index contributed by atoms with van der Waals surface area (Å²) in [6, 6.07) is 15.7. The highest BCUT2D eigenvalue weighted by atomic mass is 35.5. The number of carbonyl (C=O) groups is 1. The maximum Gasteiger partial charge on any atom is 0.264 e. The molecular weight excluding hydrogens is 479 g/mol. The van der Waals surface area contributed by atoms with E-state index in [-0.39, 0.29) is 21.9 Å². The van der Waals surface area contributed by atoms with Gasteiger partial charge in [0.15, 0.2) is 0 Å². The summed E-state index contributed by atoms with van der Waals surface area (Å²) >= 11 is 18.0. The summed E-state index contributed by atoms with van der Waals surface area (Å²) in [5, 5.41) is 3.80. The highest BCUT2D eigenvalue weighted by molar-refractivity contribution is 7.92. The highest BCUT2D eigenvalue weighted by Crippen LogP contribution is 2.38. The number of fused-ring (bicyclic) bond motifs is 1. The molecule has 5 nitrogen and oxygen atoms in total. The molecule has 0 unspecified atom stereocenters. The van der Waals surface area contributed by atoms with Gasteiger partial charge in [-0.3, -0.25) is 9.10 Å². The van der Waals surface area contributed by atoms with E-state index in [1.807, 2.05) is 6.92 Å². The predicted molar refractivity (Wildman–Crippen MR) is 125 cm³/mol. The molecule has 31 heavy (non-hydrogen) atoms. The molecule has 0 aliphatic carbocycles. The molecule has 0 aromatic heterocycles. The zero-order chi connectivity index (χ0) is 22.3. The number of hydrogen-bond acceptors (Lipinski definition) is 3. The molecule has 0 saturated carbocycles. The predicted octanol–water partition coefficient (Wildman–Crippen LogP) is 6.04. The molecule has 1 amide bonds. The molecule has 3 aromatic rings. The van der Waals surface area contributed by atoms with Gasteiger partial charge in [0.1, 0.15) is 0 Å². The summed E-state index contributed by atoms with van der Waals surface area (Å²) in [5.74, 6) is -0.362. The third-order valence-electron chi connectivity index (χ3n) is 5.07. The third-order valence-corrected chi connectivity index (χ3v) is 8.08. The van der Waals surface area contributed by atoms with Gasteiger partial charge in [-0.15, -0.1) is 0 Å². The number of halogens is 3. The largest absolute Gasteiger partial charge is 0.321 e. The van der Waals surface area contributed by atoms with E-state index >= 15 is 0 Å². The van der Waals surface area contributed by atoms with Gasteiger partial charge >= 0.3 is 0 Å². The fourth-order valence-corrected chi connectivity index (χ4v) is 5.79. The van der Waals surface area contributed by atoms with Gasteiger partial charge < -0.3 is 5.32 Å². The molecule has 160 valence electrons. The number of rotatable bonds is 4. The van der Waals surface area contributed by atoms with E-state index in [1.165, 1.54) is 16.4 Å². The molecule has 1 aliphatic rings. The average molecular weight is 496 g/mol. The van der Waals surface area contributed by atoms with Crippen LogP contribution in [0.25, 0.3) is 0 Å². The minimum Gasteiger partial charge on any atom is -0.321 e. The average Bonchev–Trinajstić information content (AvgIpc) is 3.07.